The van der Waals surface area contributed by atoms with Gasteiger partial charge in [-0.05, 0) is 25.5 Å². The Hall–Kier alpha value is -1.03. The van der Waals surface area contributed by atoms with Crippen LogP contribution < -0.4 is 0 Å². The summed E-state index contributed by atoms with van der Waals surface area (Å²) in [6, 6.07) is 3.06. The molecule has 14 heavy (non-hydrogen) atoms. The molecule has 0 aliphatic carbocycles. The van der Waals surface area contributed by atoms with Gasteiger partial charge in [0.1, 0.15) is 4.90 Å². The van der Waals surface area contributed by atoms with Crippen LogP contribution >= 0.6 is 0 Å². The van der Waals surface area contributed by atoms with E-state index in [-0.39, 0.29) is 16.4 Å². The Morgan fingerprint density at radius 1 is 1.21 bits per heavy atom. The second-order valence-corrected chi connectivity index (χ2v) is 5.48. The normalized spacial score (nSPS) is 11.6. The Balaban J connectivity index is 3.47. The average molecular weight is 213 g/mol. The summed E-state index contributed by atoms with van der Waals surface area (Å²) in [6.07, 6.45) is 0. The van der Waals surface area contributed by atoms with Gasteiger partial charge in [-0.1, -0.05) is 13.0 Å². The molecular formula is C10H13O3S. The maximum atomic E-state index is 11.6. The van der Waals surface area contributed by atoms with Crippen molar-refractivity contribution in [2.75, 3.05) is 5.75 Å². The fraction of sp³-hybridized carbons (Fsp3) is 0.400. The van der Waals surface area contributed by atoms with Gasteiger partial charge in [0.15, 0.2) is 15.6 Å². The minimum Gasteiger partial charge on any atom is -0.288 e. The van der Waals surface area contributed by atoms with Gasteiger partial charge >= 0.3 is 0 Å². The Labute approximate surface area is 84.3 Å². The van der Waals surface area contributed by atoms with Crippen LogP contribution in [0.4, 0.5) is 0 Å². The molecule has 1 rings (SSSR count). The first kappa shape index (κ1) is 11.0. The van der Waals surface area contributed by atoms with Crippen molar-refractivity contribution >= 4 is 9.84 Å². The molecule has 0 spiro atoms. The Bertz CT molecular complexity index is 447. The van der Waals surface area contributed by atoms with Crippen LogP contribution in [0, 0.1) is 13.8 Å². The lowest BCUT2D eigenvalue weighted by atomic mass is 10.1. The predicted octanol–water partition coefficient (Wildman–Crippen LogP) is 2.24. The van der Waals surface area contributed by atoms with Crippen molar-refractivity contribution in [2.24, 2.45) is 0 Å². The van der Waals surface area contributed by atoms with Crippen LogP contribution in [0.1, 0.15) is 18.1 Å². The molecule has 1 radical (unpaired) electrons. The third kappa shape index (κ3) is 1.75. The van der Waals surface area contributed by atoms with Crippen molar-refractivity contribution in [3.63, 3.8) is 0 Å². The van der Waals surface area contributed by atoms with E-state index in [1.807, 2.05) is 0 Å². The van der Waals surface area contributed by atoms with Crippen molar-refractivity contribution in [1.82, 2.24) is 0 Å². The molecule has 0 aliphatic heterocycles. The summed E-state index contributed by atoms with van der Waals surface area (Å²) >= 11 is 0. The zero-order valence-electron chi connectivity index (χ0n) is 8.49. The fourth-order valence-corrected chi connectivity index (χ4v) is 2.19. The summed E-state index contributed by atoms with van der Waals surface area (Å²) in [5.41, 5.74) is 1.34. The van der Waals surface area contributed by atoms with E-state index >= 15 is 0 Å². The second kappa shape index (κ2) is 3.61. The molecule has 1 aromatic rings. The van der Waals surface area contributed by atoms with Crippen molar-refractivity contribution in [3.05, 3.63) is 23.3 Å². The largest absolute Gasteiger partial charge is 0.288 e. The van der Waals surface area contributed by atoms with Gasteiger partial charge in [-0.25, -0.2) is 8.42 Å². The molecule has 3 nitrogen and oxygen atoms in total. The summed E-state index contributed by atoms with van der Waals surface area (Å²) in [6.45, 7) is 4.97. The van der Waals surface area contributed by atoms with E-state index < -0.39 is 9.84 Å². The van der Waals surface area contributed by atoms with Crippen LogP contribution in [-0.4, -0.2) is 14.2 Å². The molecular weight excluding hydrogens is 200 g/mol. The standard InChI is InChI=1S/C10H13O3S/c1-4-14(12,13)9-6-5-7(2)8(3)10(9)11/h5-6H,4H2,1-3H3. The molecule has 0 unspecified atom stereocenters. The second-order valence-electron chi connectivity index (χ2n) is 3.24. The highest BCUT2D eigenvalue weighted by atomic mass is 32.2. The van der Waals surface area contributed by atoms with E-state index in [9.17, 15) is 13.5 Å². The zero-order chi connectivity index (χ0) is 10.9. The molecule has 77 valence electrons. The van der Waals surface area contributed by atoms with Crippen LogP contribution in [-0.2, 0) is 14.9 Å². The molecule has 0 aromatic heterocycles. The first-order chi connectivity index (χ1) is 6.40. The maximum Gasteiger partial charge on any atom is 0.200 e. The Morgan fingerprint density at radius 2 is 1.79 bits per heavy atom. The van der Waals surface area contributed by atoms with Crippen LogP contribution in [0.5, 0.6) is 5.75 Å². The first-order valence-corrected chi connectivity index (χ1v) is 6.05. The van der Waals surface area contributed by atoms with E-state index in [2.05, 4.69) is 0 Å². The molecule has 4 heteroatoms. The number of aryl methyl sites for hydroxylation is 1. The van der Waals surface area contributed by atoms with Gasteiger partial charge < -0.3 is 0 Å². The van der Waals surface area contributed by atoms with Gasteiger partial charge in [0, 0.05) is 5.56 Å². The third-order valence-electron chi connectivity index (χ3n) is 2.36. The molecule has 0 fully saturated rings. The van der Waals surface area contributed by atoms with Crippen LogP contribution in [0.2, 0.25) is 0 Å². The molecule has 0 saturated carbocycles. The highest BCUT2D eigenvalue weighted by Crippen LogP contribution is 2.29. The Kier molecular flexibility index (Phi) is 2.85. The number of rotatable bonds is 2. The van der Waals surface area contributed by atoms with Gasteiger partial charge in [0.2, 0.25) is 0 Å². The number of sulfone groups is 1. The van der Waals surface area contributed by atoms with Crippen LogP contribution in [0.15, 0.2) is 17.0 Å². The van der Waals surface area contributed by atoms with Gasteiger partial charge in [-0.3, -0.25) is 5.11 Å². The van der Waals surface area contributed by atoms with Crippen molar-refractivity contribution in [3.8, 4) is 5.75 Å². The molecule has 0 bridgehead atoms. The van der Waals surface area contributed by atoms with Crippen molar-refractivity contribution < 1.29 is 13.5 Å². The SMILES string of the molecule is CCS(=O)(=O)c1ccc(C)c(C)c1[O]. The van der Waals surface area contributed by atoms with Gasteiger partial charge in [0.25, 0.3) is 0 Å². The highest BCUT2D eigenvalue weighted by Gasteiger charge is 2.19. The lowest BCUT2D eigenvalue weighted by Crippen LogP contribution is -2.04. The average Bonchev–Trinajstić information content (AvgIpc) is 2.14. The molecule has 0 amide bonds. The molecule has 1 aromatic carbocycles. The van der Waals surface area contributed by atoms with Gasteiger partial charge in [-0.15, -0.1) is 0 Å². The summed E-state index contributed by atoms with van der Waals surface area (Å²) in [4.78, 5) is -0.0805. The topological polar surface area (TPSA) is 54.0 Å². The lowest BCUT2D eigenvalue weighted by molar-refractivity contribution is 0.339. The van der Waals surface area contributed by atoms with E-state index in [4.69, 9.17) is 0 Å². The quantitative estimate of drug-likeness (QED) is 0.756. The molecule has 0 atom stereocenters. The smallest absolute Gasteiger partial charge is 0.200 e. The van der Waals surface area contributed by atoms with E-state index in [0.29, 0.717) is 5.56 Å². The number of benzene rings is 1. The monoisotopic (exact) mass is 213 g/mol. The van der Waals surface area contributed by atoms with Crippen molar-refractivity contribution in [1.29, 1.82) is 0 Å². The Morgan fingerprint density at radius 3 is 2.29 bits per heavy atom. The lowest BCUT2D eigenvalue weighted by Gasteiger charge is -2.06. The van der Waals surface area contributed by atoms with Gasteiger partial charge in [-0.2, -0.15) is 0 Å². The minimum absolute atomic E-state index is 0.0370. The molecule has 0 saturated heterocycles. The number of hydrogen-bond donors (Lipinski definition) is 0. The summed E-state index contributed by atoms with van der Waals surface area (Å²) in [5, 5.41) is 11.6. The molecule has 0 heterocycles. The van der Waals surface area contributed by atoms with E-state index in [1.54, 1.807) is 19.9 Å². The summed E-state index contributed by atoms with van der Waals surface area (Å²) in [7, 11) is -3.38. The third-order valence-corrected chi connectivity index (χ3v) is 4.11. The molecule has 0 N–H and O–H groups in total. The highest BCUT2D eigenvalue weighted by molar-refractivity contribution is 7.91. The molecule has 0 aliphatic rings. The zero-order valence-corrected chi connectivity index (χ0v) is 9.31. The summed E-state index contributed by atoms with van der Waals surface area (Å²) in [5.74, 6) is -0.406. The summed E-state index contributed by atoms with van der Waals surface area (Å²) < 4.78 is 23.0. The predicted molar refractivity (Wildman–Crippen MR) is 53.8 cm³/mol. The van der Waals surface area contributed by atoms with Crippen molar-refractivity contribution in [2.45, 2.75) is 25.7 Å². The van der Waals surface area contributed by atoms with Crippen LogP contribution in [0.25, 0.3) is 0 Å². The maximum absolute atomic E-state index is 11.6. The van der Waals surface area contributed by atoms with E-state index in [0.717, 1.165) is 5.56 Å². The van der Waals surface area contributed by atoms with Gasteiger partial charge in [0.05, 0.1) is 5.75 Å². The fourth-order valence-electron chi connectivity index (χ4n) is 1.17. The minimum atomic E-state index is -3.38. The number of hydrogen-bond acceptors (Lipinski definition) is 2. The van der Waals surface area contributed by atoms with Crippen LogP contribution in [0.3, 0.4) is 0 Å². The first-order valence-electron chi connectivity index (χ1n) is 4.40. The van der Waals surface area contributed by atoms with E-state index in [1.165, 1.54) is 13.0 Å².